The molecule has 3 rings (SSSR count). The lowest BCUT2D eigenvalue weighted by atomic mass is 10.2. The summed E-state index contributed by atoms with van der Waals surface area (Å²) in [7, 11) is 1.60. The van der Waals surface area contributed by atoms with Gasteiger partial charge >= 0.3 is 0 Å². The molecule has 0 aliphatic carbocycles. The van der Waals surface area contributed by atoms with Crippen molar-refractivity contribution in [1.82, 2.24) is 14.7 Å². The van der Waals surface area contributed by atoms with E-state index in [2.05, 4.69) is 10.3 Å². The first-order valence-electron chi connectivity index (χ1n) is 6.58. The van der Waals surface area contributed by atoms with Crippen LogP contribution in [0.2, 0.25) is 0 Å². The Hall–Kier alpha value is -2.18. The molecule has 108 valence electrons. The molecule has 3 aromatic rings. The number of imidazole rings is 1. The highest BCUT2D eigenvalue weighted by Crippen LogP contribution is 2.26. The van der Waals surface area contributed by atoms with E-state index in [1.807, 2.05) is 45.6 Å². The third-order valence-corrected chi connectivity index (χ3v) is 3.82. The second-order valence-corrected chi connectivity index (χ2v) is 5.28. The highest BCUT2D eigenvalue weighted by atomic mass is 32.1. The molecule has 0 unspecified atom stereocenters. The number of carbonyl (C=O) groups is 1. The normalized spacial score (nSPS) is 10.9. The highest BCUT2D eigenvalue weighted by molar-refractivity contribution is 7.08. The smallest absolute Gasteiger partial charge is 0.287 e. The van der Waals surface area contributed by atoms with Gasteiger partial charge in [0.2, 0.25) is 5.82 Å². The monoisotopic (exact) mass is 301 g/mol. The van der Waals surface area contributed by atoms with E-state index in [4.69, 9.17) is 4.74 Å². The largest absolute Gasteiger partial charge is 0.383 e. The zero-order valence-corrected chi connectivity index (χ0v) is 12.4. The summed E-state index contributed by atoms with van der Waals surface area (Å²) in [6, 6.07) is 7.80. The summed E-state index contributed by atoms with van der Waals surface area (Å²) in [6.45, 7) is 0.942. The van der Waals surface area contributed by atoms with Crippen LogP contribution in [0.3, 0.4) is 0 Å². The molecule has 0 spiro atoms. The molecule has 21 heavy (non-hydrogen) atoms. The first-order valence-corrected chi connectivity index (χ1v) is 7.52. The van der Waals surface area contributed by atoms with E-state index in [0.717, 1.165) is 16.8 Å². The van der Waals surface area contributed by atoms with Gasteiger partial charge < -0.3 is 10.1 Å². The third kappa shape index (κ3) is 2.68. The summed E-state index contributed by atoms with van der Waals surface area (Å²) < 4.78 is 6.75. The zero-order chi connectivity index (χ0) is 14.7. The number of hydrogen-bond acceptors (Lipinski definition) is 4. The van der Waals surface area contributed by atoms with Crippen LogP contribution in [-0.2, 0) is 4.74 Å². The topological polar surface area (TPSA) is 55.6 Å². The quantitative estimate of drug-likeness (QED) is 0.736. The number of carbonyl (C=O) groups excluding carboxylic acids is 1. The summed E-state index contributed by atoms with van der Waals surface area (Å²) in [4.78, 5) is 16.8. The minimum atomic E-state index is -0.199. The summed E-state index contributed by atoms with van der Waals surface area (Å²) in [5.41, 5.74) is 2.78. The third-order valence-electron chi connectivity index (χ3n) is 3.14. The van der Waals surface area contributed by atoms with Crippen LogP contribution >= 0.6 is 11.3 Å². The van der Waals surface area contributed by atoms with Gasteiger partial charge in [-0.2, -0.15) is 11.3 Å². The van der Waals surface area contributed by atoms with Gasteiger partial charge in [0.05, 0.1) is 17.8 Å². The minimum Gasteiger partial charge on any atom is -0.383 e. The van der Waals surface area contributed by atoms with Gasteiger partial charge in [-0.1, -0.05) is 6.07 Å². The van der Waals surface area contributed by atoms with Crippen molar-refractivity contribution in [3.63, 3.8) is 0 Å². The first kappa shape index (κ1) is 13.8. The summed E-state index contributed by atoms with van der Waals surface area (Å²) in [6.07, 6.45) is 1.85. The molecule has 0 aromatic carbocycles. The van der Waals surface area contributed by atoms with Crippen molar-refractivity contribution in [1.29, 1.82) is 0 Å². The van der Waals surface area contributed by atoms with Gasteiger partial charge in [0, 0.05) is 30.8 Å². The fraction of sp³-hybridized carbons (Fsp3) is 0.200. The number of hydrogen-bond donors (Lipinski definition) is 1. The number of pyridine rings is 1. The lowest BCUT2D eigenvalue weighted by Gasteiger charge is -2.03. The van der Waals surface area contributed by atoms with Crippen molar-refractivity contribution >= 4 is 22.8 Å². The van der Waals surface area contributed by atoms with Crippen LogP contribution < -0.4 is 5.32 Å². The molecule has 0 bridgehead atoms. The number of aromatic nitrogens is 2. The van der Waals surface area contributed by atoms with Gasteiger partial charge in [-0.05, 0) is 23.6 Å². The molecule has 0 radical (unpaired) electrons. The molecule has 0 saturated carbocycles. The SMILES string of the molecule is COCCNC(=O)c1nc(-c2ccsc2)c2ccccn12. The Labute approximate surface area is 126 Å². The Morgan fingerprint density at radius 1 is 1.43 bits per heavy atom. The molecule has 6 heteroatoms. The lowest BCUT2D eigenvalue weighted by Crippen LogP contribution is -2.28. The van der Waals surface area contributed by atoms with Crippen LogP contribution in [-0.4, -0.2) is 35.6 Å². The van der Waals surface area contributed by atoms with Crippen molar-refractivity contribution in [3.05, 3.63) is 47.0 Å². The predicted molar refractivity (Wildman–Crippen MR) is 82.7 cm³/mol. The second kappa shape index (κ2) is 6.07. The number of nitrogens with zero attached hydrogens (tertiary/aromatic N) is 2. The lowest BCUT2D eigenvalue weighted by molar-refractivity contribution is 0.0926. The predicted octanol–water partition coefficient (Wildman–Crippen LogP) is 2.44. The molecule has 1 amide bonds. The maximum Gasteiger partial charge on any atom is 0.287 e. The van der Waals surface area contributed by atoms with Crippen LogP contribution in [0.4, 0.5) is 0 Å². The highest BCUT2D eigenvalue weighted by Gasteiger charge is 2.17. The molecule has 3 aromatic heterocycles. The Kier molecular flexibility index (Phi) is 3.98. The van der Waals surface area contributed by atoms with Crippen LogP contribution in [0.25, 0.3) is 16.8 Å². The zero-order valence-electron chi connectivity index (χ0n) is 11.6. The number of thiophene rings is 1. The van der Waals surface area contributed by atoms with E-state index in [0.29, 0.717) is 19.0 Å². The standard InChI is InChI=1S/C15H15N3O2S/c1-20-8-6-16-15(19)14-17-13(11-5-9-21-10-11)12-4-2-3-7-18(12)14/h2-5,7,9-10H,6,8H2,1H3,(H,16,19). The molecule has 0 saturated heterocycles. The average molecular weight is 301 g/mol. The second-order valence-electron chi connectivity index (χ2n) is 4.50. The first-order chi connectivity index (χ1) is 10.3. The minimum absolute atomic E-state index is 0.199. The van der Waals surface area contributed by atoms with E-state index < -0.39 is 0 Å². The van der Waals surface area contributed by atoms with Crippen LogP contribution in [0, 0.1) is 0 Å². The number of amides is 1. The number of fused-ring (bicyclic) bond motifs is 1. The molecule has 0 aliphatic heterocycles. The maximum absolute atomic E-state index is 12.3. The van der Waals surface area contributed by atoms with Crippen LogP contribution in [0.1, 0.15) is 10.6 Å². The van der Waals surface area contributed by atoms with Gasteiger partial charge in [0.15, 0.2) is 0 Å². The van der Waals surface area contributed by atoms with Gasteiger partial charge in [-0.3, -0.25) is 9.20 Å². The summed E-state index contributed by atoms with van der Waals surface area (Å²) in [5, 5.41) is 6.84. The van der Waals surface area contributed by atoms with E-state index in [1.54, 1.807) is 18.4 Å². The number of methoxy groups -OCH3 is 1. The summed E-state index contributed by atoms with van der Waals surface area (Å²) in [5.74, 6) is 0.192. The maximum atomic E-state index is 12.3. The van der Waals surface area contributed by atoms with Crippen molar-refractivity contribution < 1.29 is 9.53 Å². The van der Waals surface area contributed by atoms with Crippen molar-refractivity contribution in [2.45, 2.75) is 0 Å². The number of rotatable bonds is 5. The Bertz CT molecular complexity index is 749. The van der Waals surface area contributed by atoms with E-state index >= 15 is 0 Å². The molecule has 0 aliphatic rings. The molecule has 1 N–H and O–H groups in total. The summed E-state index contributed by atoms with van der Waals surface area (Å²) >= 11 is 1.61. The van der Waals surface area contributed by atoms with Crippen LogP contribution in [0.5, 0.6) is 0 Å². The van der Waals surface area contributed by atoms with Gasteiger partial charge in [0.25, 0.3) is 5.91 Å². The molecular weight excluding hydrogens is 286 g/mol. The van der Waals surface area contributed by atoms with Crippen molar-refractivity contribution in [2.24, 2.45) is 0 Å². The Balaban J connectivity index is 2.01. The fourth-order valence-corrected chi connectivity index (χ4v) is 2.80. The van der Waals surface area contributed by atoms with E-state index in [-0.39, 0.29) is 5.91 Å². The molecular formula is C15H15N3O2S. The molecule has 3 heterocycles. The fourth-order valence-electron chi connectivity index (χ4n) is 2.16. The molecule has 0 fully saturated rings. The van der Waals surface area contributed by atoms with Gasteiger partial charge in [-0.25, -0.2) is 4.98 Å². The van der Waals surface area contributed by atoms with Gasteiger partial charge in [-0.15, -0.1) is 0 Å². The number of ether oxygens (including phenoxy) is 1. The van der Waals surface area contributed by atoms with Crippen molar-refractivity contribution in [3.8, 4) is 11.3 Å². The Morgan fingerprint density at radius 3 is 3.10 bits per heavy atom. The average Bonchev–Trinajstić information content (AvgIpc) is 3.14. The molecule has 0 atom stereocenters. The van der Waals surface area contributed by atoms with E-state index in [9.17, 15) is 4.79 Å². The van der Waals surface area contributed by atoms with Gasteiger partial charge in [0.1, 0.15) is 0 Å². The Morgan fingerprint density at radius 2 is 2.33 bits per heavy atom. The number of nitrogens with one attached hydrogen (secondary N) is 1. The van der Waals surface area contributed by atoms with Crippen LogP contribution in [0.15, 0.2) is 41.2 Å². The van der Waals surface area contributed by atoms with Crippen molar-refractivity contribution in [2.75, 3.05) is 20.3 Å². The molecule has 5 nitrogen and oxygen atoms in total. The van der Waals surface area contributed by atoms with E-state index in [1.165, 1.54) is 0 Å².